The van der Waals surface area contributed by atoms with Crippen LogP contribution in [0.5, 0.6) is 11.5 Å². The van der Waals surface area contributed by atoms with E-state index in [9.17, 15) is 9.59 Å². The Kier molecular flexibility index (Phi) is 6.67. The molecule has 146 valence electrons. The molecule has 0 radical (unpaired) electrons. The monoisotopic (exact) mass is 446 g/mol. The Bertz CT molecular complexity index is 913. The van der Waals surface area contributed by atoms with Gasteiger partial charge in [-0.05, 0) is 58.3 Å². The molecule has 0 aromatic heterocycles. The molecule has 8 heteroatoms. The molecule has 0 spiro atoms. The Labute approximate surface area is 170 Å². The first kappa shape index (κ1) is 19.9. The highest BCUT2D eigenvalue weighted by Gasteiger charge is 2.17. The zero-order valence-corrected chi connectivity index (χ0v) is 16.5. The van der Waals surface area contributed by atoms with Crippen molar-refractivity contribution in [3.8, 4) is 11.5 Å². The van der Waals surface area contributed by atoms with Gasteiger partial charge in [-0.2, -0.15) is 0 Å². The van der Waals surface area contributed by atoms with Crippen molar-refractivity contribution in [2.45, 2.75) is 6.42 Å². The van der Waals surface area contributed by atoms with Crippen molar-refractivity contribution in [1.82, 2.24) is 10.6 Å². The normalized spacial score (nSPS) is 12.6. The number of benzene rings is 2. The van der Waals surface area contributed by atoms with Gasteiger partial charge in [-0.25, -0.2) is 0 Å². The molecule has 3 rings (SSSR count). The van der Waals surface area contributed by atoms with Gasteiger partial charge in [-0.3, -0.25) is 9.59 Å². The summed E-state index contributed by atoms with van der Waals surface area (Å²) in [5.41, 5.74) is 1.16. The Hall–Kier alpha value is -2.84. The summed E-state index contributed by atoms with van der Waals surface area (Å²) in [5.74, 6) is 0.331. The van der Waals surface area contributed by atoms with E-state index in [1.165, 1.54) is 0 Å². The first-order chi connectivity index (χ1) is 13.6. The lowest BCUT2D eigenvalue weighted by atomic mass is 10.1. The van der Waals surface area contributed by atoms with Crippen molar-refractivity contribution < 1.29 is 24.2 Å². The summed E-state index contributed by atoms with van der Waals surface area (Å²) < 4.78 is 11.3. The average Bonchev–Trinajstić information content (AvgIpc) is 3.15. The first-order valence-electron chi connectivity index (χ1n) is 8.65. The van der Waals surface area contributed by atoms with Crippen LogP contribution < -0.4 is 20.1 Å². The van der Waals surface area contributed by atoms with E-state index in [1.807, 2.05) is 0 Å². The second-order valence-electron chi connectivity index (χ2n) is 5.94. The van der Waals surface area contributed by atoms with Crippen molar-refractivity contribution in [2.75, 3.05) is 19.9 Å². The van der Waals surface area contributed by atoms with Gasteiger partial charge in [0.2, 0.25) is 6.79 Å². The minimum absolute atomic E-state index is 0.0369. The standard InChI is InChI=1S/C20H19BrN2O5/c21-15-5-2-1-4-14(15)19(25)23-16(20(26)22-8-3-9-24)10-13-6-7-17-18(11-13)28-12-27-17/h1-2,4-7,10-11,24H,3,8-9,12H2,(H,22,26)(H,23,25)/b16-10-. The number of ether oxygens (including phenoxy) is 2. The topological polar surface area (TPSA) is 96.9 Å². The van der Waals surface area contributed by atoms with Crippen LogP contribution in [0.2, 0.25) is 0 Å². The molecule has 0 fully saturated rings. The highest BCUT2D eigenvalue weighted by atomic mass is 79.9. The predicted molar refractivity (Wildman–Crippen MR) is 107 cm³/mol. The molecule has 3 N–H and O–H groups in total. The van der Waals surface area contributed by atoms with Crippen LogP contribution in [-0.2, 0) is 4.79 Å². The lowest BCUT2D eigenvalue weighted by Crippen LogP contribution is -2.35. The number of carbonyl (C=O) groups excluding carboxylic acids is 2. The molecular formula is C20H19BrN2O5. The van der Waals surface area contributed by atoms with E-state index >= 15 is 0 Å². The van der Waals surface area contributed by atoms with Crippen LogP contribution in [-0.4, -0.2) is 36.9 Å². The maximum absolute atomic E-state index is 12.6. The van der Waals surface area contributed by atoms with Crippen LogP contribution in [0.3, 0.4) is 0 Å². The van der Waals surface area contributed by atoms with E-state index in [4.69, 9.17) is 14.6 Å². The van der Waals surface area contributed by atoms with E-state index in [-0.39, 0.29) is 19.1 Å². The quantitative estimate of drug-likeness (QED) is 0.448. The summed E-state index contributed by atoms with van der Waals surface area (Å²) in [6.07, 6.45) is 1.98. The molecule has 0 aliphatic carbocycles. The van der Waals surface area contributed by atoms with Crippen molar-refractivity contribution in [3.63, 3.8) is 0 Å². The number of halogens is 1. The molecular weight excluding hydrogens is 428 g/mol. The number of rotatable bonds is 7. The van der Waals surface area contributed by atoms with Crippen LogP contribution in [0, 0.1) is 0 Å². The van der Waals surface area contributed by atoms with Gasteiger partial charge in [-0.1, -0.05) is 18.2 Å². The van der Waals surface area contributed by atoms with Gasteiger partial charge in [0.05, 0.1) is 5.56 Å². The van der Waals surface area contributed by atoms with E-state index in [0.717, 1.165) is 0 Å². The number of nitrogens with one attached hydrogen (secondary N) is 2. The van der Waals surface area contributed by atoms with Crippen molar-refractivity contribution >= 4 is 33.8 Å². The molecule has 7 nitrogen and oxygen atoms in total. The first-order valence-corrected chi connectivity index (χ1v) is 9.44. The molecule has 0 bridgehead atoms. The lowest BCUT2D eigenvalue weighted by molar-refractivity contribution is -0.117. The largest absolute Gasteiger partial charge is 0.454 e. The number of aliphatic hydroxyl groups is 1. The highest BCUT2D eigenvalue weighted by Crippen LogP contribution is 2.33. The molecule has 2 amide bonds. The Balaban J connectivity index is 1.85. The molecule has 0 saturated heterocycles. The maximum atomic E-state index is 12.6. The third-order valence-electron chi connectivity index (χ3n) is 3.94. The number of fused-ring (bicyclic) bond motifs is 1. The lowest BCUT2D eigenvalue weighted by Gasteiger charge is -2.12. The number of hydrogen-bond acceptors (Lipinski definition) is 5. The molecule has 1 aliphatic rings. The predicted octanol–water partition coefficient (Wildman–Crippen LogP) is 2.45. The highest BCUT2D eigenvalue weighted by molar-refractivity contribution is 9.10. The van der Waals surface area contributed by atoms with E-state index in [0.29, 0.717) is 40.1 Å². The fourth-order valence-corrected chi connectivity index (χ4v) is 3.00. The molecule has 0 unspecified atom stereocenters. The fourth-order valence-electron chi connectivity index (χ4n) is 2.54. The molecule has 2 aromatic carbocycles. The van der Waals surface area contributed by atoms with Crippen molar-refractivity contribution in [2.24, 2.45) is 0 Å². The second-order valence-corrected chi connectivity index (χ2v) is 6.79. The van der Waals surface area contributed by atoms with Crippen LogP contribution >= 0.6 is 15.9 Å². The third kappa shape index (κ3) is 4.90. The number of carbonyl (C=O) groups is 2. The summed E-state index contributed by atoms with van der Waals surface area (Å²) in [6.45, 7) is 0.402. The van der Waals surface area contributed by atoms with Crippen LogP contribution in [0.15, 0.2) is 52.6 Å². The zero-order valence-electron chi connectivity index (χ0n) is 14.9. The van der Waals surface area contributed by atoms with Gasteiger partial charge in [0.15, 0.2) is 11.5 Å². The Morgan fingerprint density at radius 1 is 1.14 bits per heavy atom. The van der Waals surface area contributed by atoms with Crippen LogP contribution in [0.25, 0.3) is 6.08 Å². The molecule has 28 heavy (non-hydrogen) atoms. The maximum Gasteiger partial charge on any atom is 0.267 e. The van der Waals surface area contributed by atoms with Gasteiger partial charge < -0.3 is 25.2 Å². The van der Waals surface area contributed by atoms with Gasteiger partial charge in [0.25, 0.3) is 11.8 Å². The van der Waals surface area contributed by atoms with Gasteiger partial charge in [0, 0.05) is 17.6 Å². The van der Waals surface area contributed by atoms with E-state index in [1.54, 1.807) is 48.5 Å². The number of hydrogen-bond donors (Lipinski definition) is 3. The minimum Gasteiger partial charge on any atom is -0.454 e. The Morgan fingerprint density at radius 2 is 1.93 bits per heavy atom. The average molecular weight is 447 g/mol. The van der Waals surface area contributed by atoms with Crippen LogP contribution in [0.1, 0.15) is 22.3 Å². The number of amides is 2. The van der Waals surface area contributed by atoms with Gasteiger partial charge in [-0.15, -0.1) is 0 Å². The van der Waals surface area contributed by atoms with Crippen molar-refractivity contribution in [3.05, 3.63) is 63.8 Å². The molecule has 1 heterocycles. The summed E-state index contributed by atoms with van der Waals surface area (Å²) in [4.78, 5) is 25.2. The minimum atomic E-state index is -0.452. The van der Waals surface area contributed by atoms with E-state index < -0.39 is 11.8 Å². The third-order valence-corrected chi connectivity index (χ3v) is 4.63. The van der Waals surface area contributed by atoms with E-state index in [2.05, 4.69) is 26.6 Å². The zero-order chi connectivity index (χ0) is 19.9. The van der Waals surface area contributed by atoms with Crippen LogP contribution in [0.4, 0.5) is 0 Å². The summed E-state index contributed by atoms with van der Waals surface area (Å²) in [6, 6.07) is 12.2. The summed E-state index contributed by atoms with van der Waals surface area (Å²) in [5, 5.41) is 14.2. The molecule has 0 saturated carbocycles. The van der Waals surface area contributed by atoms with Crippen molar-refractivity contribution in [1.29, 1.82) is 0 Å². The summed E-state index contributed by atoms with van der Waals surface area (Å²) >= 11 is 3.34. The number of aliphatic hydroxyl groups excluding tert-OH is 1. The molecule has 2 aromatic rings. The smallest absolute Gasteiger partial charge is 0.267 e. The van der Waals surface area contributed by atoms with Gasteiger partial charge >= 0.3 is 0 Å². The summed E-state index contributed by atoms with van der Waals surface area (Å²) in [7, 11) is 0. The Morgan fingerprint density at radius 3 is 2.71 bits per heavy atom. The molecule has 1 aliphatic heterocycles. The fraction of sp³-hybridized carbons (Fsp3) is 0.200. The SMILES string of the molecule is O=C(NCCCO)/C(=C/c1ccc2c(c1)OCO2)NC(=O)c1ccccc1Br. The van der Waals surface area contributed by atoms with Gasteiger partial charge in [0.1, 0.15) is 5.70 Å². The molecule has 0 atom stereocenters. The second kappa shape index (κ2) is 9.38.